The average Bonchev–Trinajstić information content (AvgIpc) is 3.40. The maximum atomic E-state index is 12.7. The van der Waals surface area contributed by atoms with E-state index in [2.05, 4.69) is 20.5 Å². The van der Waals surface area contributed by atoms with Crippen molar-refractivity contribution in [3.8, 4) is 10.6 Å². The Morgan fingerprint density at radius 2 is 2.08 bits per heavy atom. The number of aryl methyl sites for hydroxylation is 2. The van der Waals surface area contributed by atoms with Crippen molar-refractivity contribution in [1.29, 1.82) is 0 Å². The molecule has 26 heavy (non-hydrogen) atoms. The Bertz CT molecular complexity index is 1090. The van der Waals surface area contributed by atoms with Gasteiger partial charge in [0.05, 0.1) is 0 Å². The second-order valence-corrected chi connectivity index (χ2v) is 8.19. The number of H-pyrrole nitrogens is 1. The van der Waals surface area contributed by atoms with Gasteiger partial charge in [-0.3, -0.25) is 10.1 Å². The van der Waals surface area contributed by atoms with E-state index < -0.39 is 0 Å². The van der Waals surface area contributed by atoms with Crippen LogP contribution < -0.4 is 5.32 Å². The lowest BCUT2D eigenvalue weighted by atomic mass is 9.95. The number of rotatable bonds is 3. The summed E-state index contributed by atoms with van der Waals surface area (Å²) in [6.07, 6.45) is 4.63. The van der Waals surface area contributed by atoms with E-state index in [4.69, 9.17) is 0 Å². The Morgan fingerprint density at radius 1 is 1.15 bits per heavy atom. The number of thiophene rings is 1. The third-order valence-electron chi connectivity index (χ3n) is 4.77. The molecule has 7 heteroatoms. The Morgan fingerprint density at radius 3 is 2.96 bits per heavy atom. The monoisotopic (exact) mass is 380 g/mol. The molecule has 3 heterocycles. The first-order valence-corrected chi connectivity index (χ1v) is 10.3. The van der Waals surface area contributed by atoms with Gasteiger partial charge in [-0.05, 0) is 60.9 Å². The van der Waals surface area contributed by atoms with Crippen molar-refractivity contribution in [1.82, 2.24) is 15.2 Å². The molecule has 0 radical (unpaired) electrons. The lowest BCUT2D eigenvalue weighted by Gasteiger charge is -2.10. The number of nitrogens with zero attached hydrogens (tertiary/aromatic N) is 2. The van der Waals surface area contributed by atoms with E-state index in [1.54, 1.807) is 11.3 Å². The number of hydrogen-bond donors (Lipinski definition) is 2. The Kier molecular flexibility index (Phi) is 3.83. The number of aromatic amines is 1. The fourth-order valence-electron chi connectivity index (χ4n) is 3.49. The molecule has 4 aromatic rings. The molecule has 0 saturated heterocycles. The zero-order valence-electron chi connectivity index (χ0n) is 13.9. The number of aromatic nitrogens is 3. The van der Waals surface area contributed by atoms with Crippen LogP contribution in [-0.2, 0) is 12.8 Å². The quantitative estimate of drug-likeness (QED) is 0.532. The van der Waals surface area contributed by atoms with Crippen molar-refractivity contribution in [3.63, 3.8) is 0 Å². The normalized spacial score (nSPS) is 13.7. The van der Waals surface area contributed by atoms with Crippen molar-refractivity contribution in [3.05, 3.63) is 51.8 Å². The number of benzene rings is 1. The molecule has 0 saturated carbocycles. The molecule has 2 N–H and O–H groups in total. The molecule has 5 rings (SSSR count). The second-order valence-electron chi connectivity index (χ2n) is 6.43. The minimum Gasteiger partial charge on any atom is -0.358 e. The summed E-state index contributed by atoms with van der Waals surface area (Å²) in [5, 5.41) is 17.7. The highest BCUT2D eigenvalue weighted by molar-refractivity contribution is 7.19. The van der Waals surface area contributed by atoms with Gasteiger partial charge in [0.2, 0.25) is 5.13 Å². The van der Waals surface area contributed by atoms with Crippen LogP contribution in [0.5, 0.6) is 0 Å². The highest BCUT2D eigenvalue weighted by Crippen LogP contribution is 2.31. The summed E-state index contributed by atoms with van der Waals surface area (Å²) in [5.41, 5.74) is 5.50. The smallest absolute Gasteiger partial charge is 0.257 e. The minimum atomic E-state index is -0.148. The second kappa shape index (κ2) is 6.34. The number of hydrogen-bond acceptors (Lipinski definition) is 5. The van der Waals surface area contributed by atoms with E-state index in [0.29, 0.717) is 10.7 Å². The predicted molar refractivity (Wildman–Crippen MR) is 106 cm³/mol. The molecular weight excluding hydrogens is 364 g/mol. The first kappa shape index (κ1) is 15.7. The topological polar surface area (TPSA) is 70.7 Å². The van der Waals surface area contributed by atoms with E-state index >= 15 is 0 Å². The zero-order chi connectivity index (χ0) is 17.5. The van der Waals surface area contributed by atoms with Gasteiger partial charge in [0, 0.05) is 33.1 Å². The predicted octanol–water partition coefficient (Wildman–Crippen LogP) is 4.88. The third-order valence-corrected chi connectivity index (χ3v) is 6.34. The van der Waals surface area contributed by atoms with Crippen LogP contribution in [0.15, 0.2) is 35.0 Å². The van der Waals surface area contributed by atoms with Gasteiger partial charge < -0.3 is 4.98 Å². The molecule has 130 valence electrons. The van der Waals surface area contributed by atoms with Crippen LogP contribution in [-0.4, -0.2) is 21.1 Å². The van der Waals surface area contributed by atoms with E-state index in [-0.39, 0.29) is 5.91 Å². The van der Waals surface area contributed by atoms with Crippen LogP contribution in [0.1, 0.15) is 34.5 Å². The lowest BCUT2D eigenvalue weighted by Crippen LogP contribution is -2.11. The van der Waals surface area contributed by atoms with Gasteiger partial charge in [-0.15, -0.1) is 10.2 Å². The summed E-state index contributed by atoms with van der Waals surface area (Å²) in [6, 6.07) is 7.85. The molecule has 1 aromatic carbocycles. The number of carbonyl (C=O) groups excluding carboxylic acids is 1. The maximum absolute atomic E-state index is 12.7. The van der Waals surface area contributed by atoms with Crippen LogP contribution >= 0.6 is 22.7 Å². The van der Waals surface area contributed by atoms with Crippen molar-refractivity contribution in [2.45, 2.75) is 25.7 Å². The van der Waals surface area contributed by atoms with Crippen molar-refractivity contribution in [2.75, 3.05) is 5.32 Å². The molecule has 0 atom stereocenters. The Labute approximate surface area is 158 Å². The van der Waals surface area contributed by atoms with Gasteiger partial charge in [0.15, 0.2) is 0 Å². The van der Waals surface area contributed by atoms with Crippen LogP contribution in [0.2, 0.25) is 0 Å². The maximum Gasteiger partial charge on any atom is 0.257 e. The van der Waals surface area contributed by atoms with E-state index in [9.17, 15) is 4.79 Å². The van der Waals surface area contributed by atoms with Crippen molar-refractivity contribution in [2.24, 2.45) is 0 Å². The SMILES string of the molecule is O=C(Nc1nnc(-c2ccsc2)s1)c1ccc2[nH]c3c(c2c1)CCCC3. The molecule has 1 aliphatic rings. The summed E-state index contributed by atoms with van der Waals surface area (Å²) in [7, 11) is 0. The fraction of sp³-hybridized carbons (Fsp3) is 0.211. The van der Waals surface area contributed by atoms with Gasteiger partial charge in [0.1, 0.15) is 5.01 Å². The van der Waals surface area contributed by atoms with E-state index in [1.165, 1.54) is 40.8 Å². The summed E-state index contributed by atoms with van der Waals surface area (Å²) >= 11 is 3.00. The number of amides is 1. The molecule has 0 fully saturated rings. The molecular formula is C19H16N4OS2. The highest BCUT2D eigenvalue weighted by atomic mass is 32.1. The summed E-state index contributed by atoms with van der Waals surface area (Å²) in [6.45, 7) is 0. The van der Waals surface area contributed by atoms with Gasteiger partial charge in [-0.2, -0.15) is 11.3 Å². The number of fused-ring (bicyclic) bond motifs is 3. The summed E-state index contributed by atoms with van der Waals surface area (Å²) < 4.78 is 0. The van der Waals surface area contributed by atoms with Gasteiger partial charge >= 0.3 is 0 Å². The summed E-state index contributed by atoms with van der Waals surface area (Å²) in [4.78, 5) is 16.2. The van der Waals surface area contributed by atoms with Gasteiger partial charge in [-0.25, -0.2) is 0 Å². The molecule has 5 nitrogen and oxygen atoms in total. The van der Waals surface area contributed by atoms with Crippen LogP contribution in [0.4, 0.5) is 5.13 Å². The molecule has 0 bridgehead atoms. The summed E-state index contributed by atoms with van der Waals surface area (Å²) in [5.74, 6) is -0.148. The molecule has 1 amide bonds. The fourth-order valence-corrected chi connectivity index (χ4v) is 4.94. The third kappa shape index (κ3) is 2.73. The minimum absolute atomic E-state index is 0.148. The van der Waals surface area contributed by atoms with Crippen molar-refractivity contribution < 1.29 is 4.79 Å². The average molecular weight is 380 g/mol. The molecule has 3 aromatic heterocycles. The van der Waals surface area contributed by atoms with Crippen LogP contribution in [0, 0.1) is 0 Å². The number of anilines is 1. The first-order valence-electron chi connectivity index (χ1n) is 8.59. The molecule has 1 aliphatic carbocycles. The van der Waals surface area contributed by atoms with Crippen LogP contribution in [0.3, 0.4) is 0 Å². The first-order chi connectivity index (χ1) is 12.8. The molecule has 0 spiro atoms. The van der Waals surface area contributed by atoms with Crippen LogP contribution in [0.25, 0.3) is 21.5 Å². The number of carbonyl (C=O) groups is 1. The lowest BCUT2D eigenvalue weighted by molar-refractivity contribution is 0.102. The molecule has 0 unspecified atom stereocenters. The largest absolute Gasteiger partial charge is 0.358 e. The van der Waals surface area contributed by atoms with Crippen molar-refractivity contribution >= 4 is 44.6 Å². The van der Waals surface area contributed by atoms with E-state index in [0.717, 1.165) is 28.9 Å². The van der Waals surface area contributed by atoms with Gasteiger partial charge in [0.25, 0.3) is 5.91 Å². The van der Waals surface area contributed by atoms with E-state index in [1.807, 2.05) is 35.0 Å². The molecule has 0 aliphatic heterocycles. The Hall–Kier alpha value is -2.51. The zero-order valence-corrected chi connectivity index (χ0v) is 15.5. The number of nitrogens with one attached hydrogen (secondary N) is 2. The standard InChI is InChI=1S/C19H16N4OS2/c24-17(21-19-23-22-18(26-19)12-7-8-25-10-12)11-5-6-16-14(9-11)13-3-1-2-4-15(13)20-16/h5-10,20H,1-4H2,(H,21,23,24). The van der Waals surface area contributed by atoms with Gasteiger partial charge in [-0.1, -0.05) is 11.3 Å². The highest BCUT2D eigenvalue weighted by Gasteiger charge is 2.17. The Balaban J connectivity index is 1.41.